The molecule has 2 rings (SSSR count). The number of hydrogen-bond acceptors (Lipinski definition) is 5. The Morgan fingerprint density at radius 1 is 1.29 bits per heavy atom. The summed E-state index contributed by atoms with van der Waals surface area (Å²) in [6, 6.07) is 2.19. The van der Waals surface area contributed by atoms with Crippen LogP contribution >= 0.6 is 11.3 Å². The first-order valence-corrected chi connectivity index (χ1v) is 7.18. The van der Waals surface area contributed by atoms with Gasteiger partial charge in [0.25, 0.3) is 0 Å². The Kier molecular flexibility index (Phi) is 4.19. The van der Waals surface area contributed by atoms with Crippen LogP contribution in [0.2, 0.25) is 0 Å². The fourth-order valence-corrected chi connectivity index (χ4v) is 3.22. The molecular weight excluding hydrogens is 283 g/mol. The molecule has 0 aliphatic heterocycles. The summed E-state index contributed by atoms with van der Waals surface area (Å²) >= 11 is 1.45. The van der Waals surface area contributed by atoms with E-state index in [-0.39, 0.29) is 0 Å². The lowest BCUT2D eigenvalue weighted by molar-refractivity contribution is 0.573. The van der Waals surface area contributed by atoms with Crippen LogP contribution in [0.3, 0.4) is 0 Å². The standard InChI is InChI=1S/C14H15BN4OS/c1-7-12(9(3)19(5)18-7)13(20-15)11(6-16)14-8(2)17-10(4)21-14/h1-5H3. The normalized spacial score (nSPS) is 12.0. The van der Waals surface area contributed by atoms with Crippen molar-refractivity contribution < 1.29 is 4.65 Å². The first kappa shape index (κ1) is 15.3. The molecule has 0 aromatic carbocycles. The molecule has 2 radical (unpaired) electrons. The highest BCUT2D eigenvalue weighted by Gasteiger charge is 2.22. The quantitative estimate of drug-likeness (QED) is 0.496. The fourth-order valence-electron chi connectivity index (χ4n) is 2.31. The smallest absolute Gasteiger partial charge is 0.374 e. The Hall–Kier alpha value is -2.07. The molecule has 0 fully saturated rings. The van der Waals surface area contributed by atoms with Crippen molar-refractivity contribution in [2.45, 2.75) is 27.7 Å². The van der Waals surface area contributed by atoms with Gasteiger partial charge in [0.1, 0.15) is 17.4 Å². The average molecular weight is 298 g/mol. The average Bonchev–Trinajstić information content (AvgIpc) is 2.88. The lowest BCUT2D eigenvalue weighted by Crippen LogP contribution is -1.98. The molecule has 0 aliphatic rings. The molecule has 5 nitrogen and oxygen atoms in total. The van der Waals surface area contributed by atoms with Crippen LogP contribution in [0.25, 0.3) is 11.3 Å². The first-order valence-electron chi connectivity index (χ1n) is 6.36. The van der Waals surface area contributed by atoms with E-state index in [1.165, 1.54) is 11.3 Å². The minimum absolute atomic E-state index is 0.340. The molecule has 2 aromatic heterocycles. The largest absolute Gasteiger partial charge is 0.566 e. The molecule has 0 saturated carbocycles. The van der Waals surface area contributed by atoms with Gasteiger partial charge in [0.05, 0.1) is 26.8 Å². The van der Waals surface area contributed by atoms with Crippen LogP contribution in [0.4, 0.5) is 0 Å². The van der Waals surface area contributed by atoms with Gasteiger partial charge in [-0.05, 0) is 27.7 Å². The molecule has 2 aromatic rings. The van der Waals surface area contributed by atoms with E-state index in [2.05, 4.69) is 16.2 Å². The van der Waals surface area contributed by atoms with Crippen molar-refractivity contribution in [1.29, 1.82) is 5.26 Å². The van der Waals surface area contributed by atoms with Crippen LogP contribution in [0.1, 0.15) is 32.5 Å². The summed E-state index contributed by atoms with van der Waals surface area (Å²) in [5.41, 5.74) is 3.59. The van der Waals surface area contributed by atoms with Gasteiger partial charge >= 0.3 is 8.05 Å². The Bertz CT molecular complexity index is 767. The molecular formula is C14H15BN4OS. The number of aromatic nitrogens is 3. The third-order valence-electron chi connectivity index (χ3n) is 3.32. The van der Waals surface area contributed by atoms with Gasteiger partial charge < -0.3 is 4.65 Å². The molecule has 0 bridgehead atoms. The monoisotopic (exact) mass is 298 g/mol. The predicted molar refractivity (Wildman–Crippen MR) is 83.5 cm³/mol. The zero-order valence-electron chi connectivity index (χ0n) is 12.7. The fraction of sp³-hybridized carbons (Fsp3) is 0.357. The van der Waals surface area contributed by atoms with Gasteiger partial charge in [0, 0.05) is 12.7 Å². The van der Waals surface area contributed by atoms with Gasteiger partial charge in [-0.25, -0.2) is 4.98 Å². The highest BCUT2D eigenvalue weighted by atomic mass is 32.1. The van der Waals surface area contributed by atoms with E-state index < -0.39 is 0 Å². The maximum absolute atomic E-state index is 9.57. The third-order valence-corrected chi connectivity index (χ3v) is 4.41. The lowest BCUT2D eigenvalue weighted by Gasteiger charge is -2.10. The van der Waals surface area contributed by atoms with Gasteiger partial charge in [-0.2, -0.15) is 10.4 Å². The van der Waals surface area contributed by atoms with Crippen LogP contribution in [0.5, 0.6) is 0 Å². The number of rotatable bonds is 3. The number of nitriles is 1. The van der Waals surface area contributed by atoms with Gasteiger partial charge in [-0.3, -0.25) is 4.68 Å². The molecule has 0 atom stereocenters. The van der Waals surface area contributed by atoms with Crippen LogP contribution in [-0.4, -0.2) is 22.8 Å². The molecule has 0 aliphatic carbocycles. The van der Waals surface area contributed by atoms with E-state index >= 15 is 0 Å². The molecule has 0 N–H and O–H groups in total. The zero-order valence-corrected chi connectivity index (χ0v) is 13.5. The summed E-state index contributed by atoms with van der Waals surface area (Å²) in [5.74, 6) is 0.340. The number of nitrogens with zero attached hydrogens (tertiary/aromatic N) is 4. The van der Waals surface area contributed by atoms with Gasteiger partial charge in [0.15, 0.2) is 0 Å². The van der Waals surface area contributed by atoms with E-state index in [4.69, 9.17) is 12.7 Å². The number of aryl methyl sites for hydroxylation is 4. The number of allylic oxidation sites excluding steroid dienone is 1. The van der Waals surface area contributed by atoms with Crippen molar-refractivity contribution in [3.63, 3.8) is 0 Å². The topological polar surface area (TPSA) is 63.7 Å². The molecule has 7 heteroatoms. The molecule has 21 heavy (non-hydrogen) atoms. The van der Waals surface area contributed by atoms with Crippen molar-refractivity contribution in [2.24, 2.45) is 7.05 Å². The van der Waals surface area contributed by atoms with Crippen LogP contribution in [-0.2, 0) is 11.7 Å². The summed E-state index contributed by atoms with van der Waals surface area (Å²) in [6.07, 6.45) is 0. The lowest BCUT2D eigenvalue weighted by atomic mass is 10.0. The highest BCUT2D eigenvalue weighted by molar-refractivity contribution is 7.13. The van der Waals surface area contributed by atoms with E-state index in [1.807, 2.05) is 34.7 Å². The van der Waals surface area contributed by atoms with Crippen LogP contribution in [0.15, 0.2) is 0 Å². The Morgan fingerprint density at radius 2 is 1.95 bits per heavy atom. The second kappa shape index (κ2) is 5.74. The second-order valence-corrected chi connectivity index (χ2v) is 5.95. The molecule has 0 unspecified atom stereocenters. The Morgan fingerprint density at radius 3 is 2.33 bits per heavy atom. The van der Waals surface area contributed by atoms with Gasteiger partial charge in [-0.1, -0.05) is 0 Å². The van der Waals surface area contributed by atoms with E-state index in [0.29, 0.717) is 11.3 Å². The molecule has 0 amide bonds. The van der Waals surface area contributed by atoms with Crippen molar-refractivity contribution >= 4 is 30.7 Å². The zero-order chi connectivity index (χ0) is 15.7. The van der Waals surface area contributed by atoms with Gasteiger partial charge in [0.2, 0.25) is 0 Å². The highest BCUT2D eigenvalue weighted by Crippen LogP contribution is 2.34. The van der Waals surface area contributed by atoms with Crippen LogP contribution in [0, 0.1) is 39.0 Å². The van der Waals surface area contributed by atoms with E-state index in [0.717, 1.165) is 32.5 Å². The SMILES string of the molecule is [B]OC(=C(C#N)c1sc(C)nc1C)c1c(C)nn(C)c1C. The maximum Gasteiger partial charge on any atom is 0.374 e. The Balaban J connectivity index is 2.77. The summed E-state index contributed by atoms with van der Waals surface area (Å²) in [4.78, 5) is 5.13. The van der Waals surface area contributed by atoms with Crippen molar-refractivity contribution in [3.05, 3.63) is 32.5 Å². The summed E-state index contributed by atoms with van der Waals surface area (Å²) in [6.45, 7) is 7.54. The minimum atomic E-state index is 0.340. The predicted octanol–water partition coefficient (Wildman–Crippen LogP) is 2.60. The molecule has 0 saturated heterocycles. The van der Waals surface area contributed by atoms with Gasteiger partial charge in [-0.15, -0.1) is 11.3 Å². The molecule has 2 heterocycles. The summed E-state index contributed by atoms with van der Waals surface area (Å²) < 4.78 is 6.81. The van der Waals surface area contributed by atoms with Crippen molar-refractivity contribution in [1.82, 2.24) is 14.8 Å². The van der Waals surface area contributed by atoms with Crippen molar-refractivity contribution in [2.75, 3.05) is 0 Å². The minimum Gasteiger partial charge on any atom is -0.566 e. The number of hydrogen-bond donors (Lipinski definition) is 0. The first-order chi connectivity index (χ1) is 9.90. The van der Waals surface area contributed by atoms with Crippen LogP contribution < -0.4 is 0 Å². The van der Waals surface area contributed by atoms with E-state index in [9.17, 15) is 5.26 Å². The second-order valence-electron chi connectivity index (χ2n) is 4.75. The Labute approximate surface area is 129 Å². The summed E-state index contributed by atoms with van der Waals surface area (Å²) in [7, 11) is 7.30. The molecule has 0 spiro atoms. The molecule has 106 valence electrons. The van der Waals surface area contributed by atoms with Crippen molar-refractivity contribution in [3.8, 4) is 6.07 Å². The third kappa shape index (κ3) is 2.59. The van der Waals surface area contributed by atoms with E-state index in [1.54, 1.807) is 4.68 Å². The maximum atomic E-state index is 9.57. The summed E-state index contributed by atoms with van der Waals surface area (Å²) in [5, 5.41) is 14.8. The number of thiazole rings is 1.